The lowest BCUT2D eigenvalue weighted by atomic mass is 10.0. The molecule has 0 saturated carbocycles. The molecule has 1 aliphatic rings. The molecule has 0 aliphatic carbocycles. The molecule has 0 spiro atoms. The lowest BCUT2D eigenvalue weighted by Crippen LogP contribution is -2.45. The van der Waals surface area contributed by atoms with Gasteiger partial charge in [-0.3, -0.25) is 0 Å². The highest BCUT2D eigenvalue weighted by atomic mass is 19.1. The molecule has 1 saturated heterocycles. The Hall–Kier alpha value is -0.180. The molecule has 0 aromatic rings. The first-order valence-corrected chi connectivity index (χ1v) is 3.21. The Morgan fingerprint density at radius 1 is 1.44 bits per heavy atom. The van der Waals surface area contributed by atoms with Gasteiger partial charge in [0.25, 0.3) is 0 Å². The van der Waals surface area contributed by atoms with Gasteiger partial charge in [-0.05, 0) is 6.92 Å². The monoisotopic (exact) mass is 135 g/mol. The van der Waals surface area contributed by atoms with E-state index >= 15 is 0 Å². The van der Waals surface area contributed by atoms with Crippen molar-refractivity contribution < 1.29 is 8.78 Å². The zero-order valence-corrected chi connectivity index (χ0v) is 5.40. The van der Waals surface area contributed by atoms with Gasteiger partial charge in [0.1, 0.15) is 12.3 Å². The topological polar surface area (TPSA) is 12.0 Å². The fourth-order valence-corrected chi connectivity index (χ4v) is 0.973. The SMILES string of the molecule is CC1NCC(F)CC1F. The van der Waals surface area contributed by atoms with Crippen molar-refractivity contribution in [3.05, 3.63) is 0 Å². The normalized spacial score (nSPS) is 45.0. The maximum absolute atomic E-state index is 12.5. The van der Waals surface area contributed by atoms with Crippen LogP contribution in [0.4, 0.5) is 8.78 Å². The van der Waals surface area contributed by atoms with Gasteiger partial charge in [0.15, 0.2) is 0 Å². The van der Waals surface area contributed by atoms with Gasteiger partial charge in [0, 0.05) is 19.0 Å². The summed E-state index contributed by atoms with van der Waals surface area (Å²) in [5.41, 5.74) is 0. The molecule has 1 N–H and O–H groups in total. The summed E-state index contributed by atoms with van der Waals surface area (Å²) in [5, 5.41) is 2.73. The quantitative estimate of drug-likeness (QED) is 0.523. The molecule has 3 atom stereocenters. The summed E-state index contributed by atoms with van der Waals surface area (Å²) >= 11 is 0. The van der Waals surface area contributed by atoms with Crippen LogP contribution in [0.25, 0.3) is 0 Å². The van der Waals surface area contributed by atoms with Crippen LogP contribution in [0.2, 0.25) is 0 Å². The number of halogens is 2. The van der Waals surface area contributed by atoms with E-state index in [1.165, 1.54) is 0 Å². The van der Waals surface area contributed by atoms with E-state index in [-0.39, 0.29) is 12.5 Å². The van der Waals surface area contributed by atoms with Crippen LogP contribution in [0.3, 0.4) is 0 Å². The van der Waals surface area contributed by atoms with Crippen molar-refractivity contribution in [3.8, 4) is 0 Å². The molecule has 9 heavy (non-hydrogen) atoms. The maximum Gasteiger partial charge on any atom is 0.118 e. The first kappa shape index (κ1) is 6.93. The fourth-order valence-electron chi connectivity index (χ4n) is 0.973. The van der Waals surface area contributed by atoms with Crippen molar-refractivity contribution >= 4 is 0 Å². The Labute approximate surface area is 53.4 Å². The Morgan fingerprint density at radius 3 is 2.56 bits per heavy atom. The molecule has 54 valence electrons. The van der Waals surface area contributed by atoms with Crippen LogP contribution in [0.15, 0.2) is 0 Å². The van der Waals surface area contributed by atoms with E-state index in [9.17, 15) is 8.78 Å². The third-order valence-electron chi connectivity index (χ3n) is 1.68. The van der Waals surface area contributed by atoms with Crippen LogP contribution >= 0.6 is 0 Å². The third-order valence-corrected chi connectivity index (χ3v) is 1.68. The highest BCUT2D eigenvalue weighted by Gasteiger charge is 2.26. The number of hydrogen-bond acceptors (Lipinski definition) is 1. The van der Waals surface area contributed by atoms with E-state index in [0.717, 1.165) is 0 Å². The molecule has 0 radical (unpaired) electrons. The second-order valence-corrected chi connectivity index (χ2v) is 2.55. The van der Waals surface area contributed by atoms with Gasteiger partial charge in [0.2, 0.25) is 0 Å². The smallest absolute Gasteiger partial charge is 0.118 e. The van der Waals surface area contributed by atoms with E-state index < -0.39 is 12.3 Å². The van der Waals surface area contributed by atoms with Crippen molar-refractivity contribution in [1.82, 2.24) is 5.32 Å². The van der Waals surface area contributed by atoms with Crippen molar-refractivity contribution in [2.24, 2.45) is 0 Å². The van der Waals surface area contributed by atoms with E-state index in [4.69, 9.17) is 0 Å². The van der Waals surface area contributed by atoms with Gasteiger partial charge in [0.05, 0.1) is 0 Å². The van der Waals surface area contributed by atoms with E-state index in [1.54, 1.807) is 6.92 Å². The van der Waals surface area contributed by atoms with Crippen molar-refractivity contribution in [2.45, 2.75) is 31.7 Å². The van der Waals surface area contributed by atoms with Gasteiger partial charge in [-0.2, -0.15) is 0 Å². The van der Waals surface area contributed by atoms with Crippen LogP contribution in [-0.2, 0) is 0 Å². The maximum atomic E-state index is 12.5. The molecule has 0 bridgehead atoms. The number of alkyl halides is 2. The molecule has 1 rings (SSSR count). The summed E-state index contributed by atoms with van der Waals surface area (Å²) in [4.78, 5) is 0. The van der Waals surface area contributed by atoms with Crippen molar-refractivity contribution in [3.63, 3.8) is 0 Å². The zero-order chi connectivity index (χ0) is 6.85. The Kier molecular flexibility index (Phi) is 2.01. The summed E-state index contributed by atoms with van der Waals surface area (Å²) in [7, 11) is 0. The van der Waals surface area contributed by atoms with E-state index in [1.807, 2.05) is 0 Å². The molecule has 1 aliphatic heterocycles. The zero-order valence-electron chi connectivity index (χ0n) is 5.40. The number of piperidine rings is 1. The van der Waals surface area contributed by atoms with Crippen LogP contribution in [0.5, 0.6) is 0 Å². The molecule has 3 heteroatoms. The molecule has 1 heterocycles. The van der Waals surface area contributed by atoms with Gasteiger partial charge in [-0.1, -0.05) is 0 Å². The fraction of sp³-hybridized carbons (Fsp3) is 1.00. The third kappa shape index (κ3) is 1.61. The minimum Gasteiger partial charge on any atom is -0.308 e. The highest BCUT2D eigenvalue weighted by molar-refractivity contribution is 4.81. The Morgan fingerprint density at radius 2 is 2.11 bits per heavy atom. The Bertz CT molecular complexity index is 97.1. The summed E-state index contributed by atoms with van der Waals surface area (Å²) in [6.45, 7) is 2.04. The predicted octanol–water partition coefficient (Wildman–Crippen LogP) is 1.04. The first-order valence-electron chi connectivity index (χ1n) is 3.21. The molecule has 3 unspecified atom stereocenters. The summed E-state index contributed by atoms with van der Waals surface area (Å²) in [5.74, 6) is 0. The molecular weight excluding hydrogens is 124 g/mol. The van der Waals surface area contributed by atoms with Gasteiger partial charge < -0.3 is 5.32 Å². The number of nitrogens with one attached hydrogen (secondary N) is 1. The average molecular weight is 135 g/mol. The van der Waals surface area contributed by atoms with Gasteiger partial charge >= 0.3 is 0 Å². The number of rotatable bonds is 0. The average Bonchev–Trinajstić information content (AvgIpc) is 1.80. The second kappa shape index (κ2) is 2.60. The minimum atomic E-state index is -1.01. The molecule has 0 aromatic carbocycles. The summed E-state index contributed by atoms with van der Waals surface area (Å²) in [6.07, 6.45) is -1.93. The van der Waals surface area contributed by atoms with Crippen LogP contribution in [0.1, 0.15) is 13.3 Å². The highest BCUT2D eigenvalue weighted by Crippen LogP contribution is 2.14. The predicted molar refractivity (Wildman–Crippen MR) is 31.9 cm³/mol. The van der Waals surface area contributed by atoms with E-state index in [2.05, 4.69) is 5.32 Å². The molecule has 0 amide bonds. The standard InChI is InChI=1S/C6H11F2N/c1-4-6(8)2-5(7)3-9-4/h4-6,9H,2-3H2,1H3. The minimum absolute atomic E-state index is 0.0637. The van der Waals surface area contributed by atoms with E-state index in [0.29, 0.717) is 6.54 Å². The van der Waals surface area contributed by atoms with Gasteiger partial charge in [-0.25, -0.2) is 8.78 Å². The largest absolute Gasteiger partial charge is 0.308 e. The van der Waals surface area contributed by atoms with Crippen LogP contribution in [-0.4, -0.2) is 24.9 Å². The summed E-state index contributed by atoms with van der Waals surface area (Å²) in [6, 6.07) is -0.169. The molecular formula is C6H11F2N. The van der Waals surface area contributed by atoms with Gasteiger partial charge in [-0.15, -0.1) is 0 Å². The van der Waals surface area contributed by atoms with Crippen molar-refractivity contribution in [2.75, 3.05) is 6.54 Å². The Balaban J connectivity index is 2.35. The number of hydrogen-bond donors (Lipinski definition) is 1. The second-order valence-electron chi connectivity index (χ2n) is 2.55. The molecule has 1 nitrogen and oxygen atoms in total. The van der Waals surface area contributed by atoms with Crippen LogP contribution in [0, 0.1) is 0 Å². The first-order chi connectivity index (χ1) is 4.20. The molecule has 0 aromatic heterocycles. The lowest BCUT2D eigenvalue weighted by molar-refractivity contribution is 0.137. The van der Waals surface area contributed by atoms with Crippen molar-refractivity contribution in [1.29, 1.82) is 0 Å². The summed E-state index contributed by atoms with van der Waals surface area (Å²) < 4.78 is 24.8. The molecule has 1 fully saturated rings. The van der Waals surface area contributed by atoms with Crippen LogP contribution < -0.4 is 5.32 Å². The lowest BCUT2D eigenvalue weighted by Gasteiger charge is -2.26.